The van der Waals surface area contributed by atoms with Crippen LogP contribution < -0.4 is 10.0 Å². The van der Waals surface area contributed by atoms with E-state index in [-0.39, 0.29) is 10.8 Å². The number of sulfonamides is 1. The zero-order chi connectivity index (χ0) is 11.5. The number of carbonyl (C=O) groups excluding carboxylic acids is 1. The average Bonchev–Trinajstić information content (AvgIpc) is 2.18. The van der Waals surface area contributed by atoms with Crippen LogP contribution in [0.2, 0.25) is 0 Å². The predicted molar refractivity (Wildman–Crippen MR) is 56.4 cm³/mol. The standard InChI is InChI=1S/C9H11N2O3S/c1-7(12)11-8-3-5-9(6-4-8)15(13,14)10-2/h3-6,10H,2H2,1H3,(H,11,12). The summed E-state index contributed by atoms with van der Waals surface area (Å²) in [6.07, 6.45) is 0. The van der Waals surface area contributed by atoms with Gasteiger partial charge in [0.1, 0.15) is 0 Å². The Bertz CT molecular complexity index is 451. The molecule has 0 fully saturated rings. The molecule has 0 atom stereocenters. The van der Waals surface area contributed by atoms with E-state index >= 15 is 0 Å². The number of rotatable bonds is 3. The van der Waals surface area contributed by atoms with Crippen LogP contribution in [0.3, 0.4) is 0 Å². The van der Waals surface area contributed by atoms with Crippen molar-refractivity contribution in [2.45, 2.75) is 11.8 Å². The summed E-state index contributed by atoms with van der Waals surface area (Å²) in [5, 5.41) is 2.53. The minimum atomic E-state index is -3.52. The lowest BCUT2D eigenvalue weighted by Gasteiger charge is -2.04. The van der Waals surface area contributed by atoms with Crippen molar-refractivity contribution in [1.29, 1.82) is 0 Å². The van der Waals surface area contributed by atoms with Gasteiger partial charge in [-0.1, -0.05) is 0 Å². The molecule has 0 aliphatic heterocycles. The van der Waals surface area contributed by atoms with Crippen LogP contribution in [0.25, 0.3) is 0 Å². The molecule has 6 heteroatoms. The summed E-state index contributed by atoms with van der Waals surface area (Å²) < 4.78 is 24.5. The van der Waals surface area contributed by atoms with Crippen molar-refractivity contribution in [3.05, 3.63) is 31.3 Å². The third kappa shape index (κ3) is 3.03. The Morgan fingerprint density at radius 3 is 2.20 bits per heavy atom. The maximum atomic E-state index is 11.3. The van der Waals surface area contributed by atoms with E-state index in [4.69, 9.17) is 0 Å². The first-order valence-electron chi connectivity index (χ1n) is 4.12. The highest BCUT2D eigenvalue weighted by atomic mass is 32.2. The smallest absolute Gasteiger partial charge is 0.240 e. The highest BCUT2D eigenvalue weighted by Gasteiger charge is 2.10. The Kier molecular flexibility index (Phi) is 3.43. The Labute approximate surface area is 88.5 Å². The molecule has 1 aromatic rings. The van der Waals surface area contributed by atoms with E-state index < -0.39 is 10.0 Å². The average molecular weight is 227 g/mol. The Morgan fingerprint density at radius 1 is 1.27 bits per heavy atom. The van der Waals surface area contributed by atoms with Crippen LogP contribution in [0.5, 0.6) is 0 Å². The fourth-order valence-electron chi connectivity index (χ4n) is 1.00. The fourth-order valence-corrected chi connectivity index (χ4v) is 1.67. The predicted octanol–water partition coefficient (Wildman–Crippen LogP) is 0.715. The first kappa shape index (κ1) is 11.7. The van der Waals surface area contributed by atoms with Gasteiger partial charge in [0.25, 0.3) is 0 Å². The van der Waals surface area contributed by atoms with Gasteiger partial charge < -0.3 is 5.32 Å². The van der Waals surface area contributed by atoms with Gasteiger partial charge in [0.15, 0.2) is 0 Å². The van der Waals surface area contributed by atoms with Crippen LogP contribution in [0.15, 0.2) is 29.2 Å². The molecule has 0 saturated carbocycles. The molecule has 0 aromatic heterocycles. The van der Waals surface area contributed by atoms with Gasteiger partial charge in [-0.05, 0) is 24.3 Å². The lowest BCUT2D eigenvalue weighted by Crippen LogP contribution is -2.16. The number of amides is 1. The van der Waals surface area contributed by atoms with Crippen LogP contribution in [0.4, 0.5) is 5.69 Å². The largest absolute Gasteiger partial charge is 0.326 e. The molecule has 15 heavy (non-hydrogen) atoms. The van der Waals surface area contributed by atoms with E-state index in [0.717, 1.165) is 0 Å². The fraction of sp³-hybridized carbons (Fsp3) is 0.111. The topological polar surface area (TPSA) is 75.3 Å². The minimum Gasteiger partial charge on any atom is -0.326 e. The summed E-state index contributed by atoms with van der Waals surface area (Å²) in [6.45, 7) is 1.38. The molecule has 5 nitrogen and oxygen atoms in total. The number of nitrogens with one attached hydrogen (secondary N) is 2. The van der Waals surface area contributed by atoms with Gasteiger partial charge in [0.05, 0.1) is 4.90 Å². The van der Waals surface area contributed by atoms with Gasteiger partial charge in [0.2, 0.25) is 15.9 Å². The maximum Gasteiger partial charge on any atom is 0.240 e. The van der Waals surface area contributed by atoms with E-state index in [2.05, 4.69) is 12.4 Å². The highest BCUT2D eigenvalue weighted by molar-refractivity contribution is 7.89. The quantitative estimate of drug-likeness (QED) is 0.798. The van der Waals surface area contributed by atoms with Crippen molar-refractivity contribution in [2.24, 2.45) is 0 Å². The summed E-state index contributed by atoms with van der Waals surface area (Å²) in [6, 6.07) is 5.79. The molecule has 0 aliphatic carbocycles. The molecule has 0 heterocycles. The van der Waals surface area contributed by atoms with Crippen molar-refractivity contribution < 1.29 is 13.2 Å². The van der Waals surface area contributed by atoms with E-state index in [1.165, 1.54) is 31.2 Å². The first-order valence-corrected chi connectivity index (χ1v) is 5.60. The van der Waals surface area contributed by atoms with Crippen LogP contribution in [0, 0.1) is 7.05 Å². The molecule has 1 amide bonds. The minimum absolute atomic E-state index is 0.103. The first-order chi connectivity index (χ1) is 6.95. The van der Waals surface area contributed by atoms with Crippen molar-refractivity contribution in [1.82, 2.24) is 4.72 Å². The third-order valence-corrected chi connectivity index (χ3v) is 2.95. The Hall–Kier alpha value is -1.40. The molecular weight excluding hydrogens is 216 g/mol. The lowest BCUT2D eigenvalue weighted by molar-refractivity contribution is -0.114. The summed E-state index contributed by atoms with van der Waals surface area (Å²) >= 11 is 0. The lowest BCUT2D eigenvalue weighted by atomic mass is 10.3. The molecule has 1 aromatic carbocycles. The van der Waals surface area contributed by atoms with Gasteiger partial charge >= 0.3 is 0 Å². The molecule has 81 valence electrons. The summed E-state index contributed by atoms with van der Waals surface area (Å²) in [7, 11) is -0.420. The molecule has 2 N–H and O–H groups in total. The zero-order valence-electron chi connectivity index (χ0n) is 8.15. The Morgan fingerprint density at radius 2 is 1.80 bits per heavy atom. The maximum absolute atomic E-state index is 11.3. The molecule has 1 radical (unpaired) electrons. The second kappa shape index (κ2) is 4.41. The molecule has 0 unspecified atom stereocenters. The number of hydrogen-bond acceptors (Lipinski definition) is 3. The molecule has 0 saturated heterocycles. The Balaban J connectivity index is 2.95. The van der Waals surface area contributed by atoms with Crippen molar-refractivity contribution in [3.8, 4) is 0 Å². The molecular formula is C9H11N2O3S. The van der Waals surface area contributed by atoms with Crippen LogP contribution >= 0.6 is 0 Å². The van der Waals surface area contributed by atoms with E-state index in [1.807, 2.05) is 4.72 Å². The third-order valence-electron chi connectivity index (χ3n) is 1.68. The number of hydrogen-bond donors (Lipinski definition) is 2. The van der Waals surface area contributed by atoms with Crippen LogP contribution in [0.1, 0.15) is 6.92 Å². The molecule has 0 spiro atoms. The molecule has 0 aliphatic rings. The monoisotopic (exact) mass is 227 g/mol. The number of carbonyl (C=O) groups is 1. The second-order valence-electron chi connectivity index (χ2n) is 2.85. The van der Waals surface area contributed by atoms with Crippen LogP contribution in [-0.4, -0.2) is 14.3 Å². The normalized spacial score (nSPS) is 11.1. The number of anilines is 1. The van der Waals surface area contributed by atoms with Gasteiger partial charge in [0, 0.05) is 19.7 Å². The van der Waals surface area contributed by atoms with Crippen LogP contribution in [-0.2, 0) is 14.8 Å². The van der Waals surface area contributed by atoms with Crippen molar-refractivity contribution in [3.63, 3.8) is 0 Å². The second-order valence-corrected chi connectivity index (χ2v) is 4.62. The summed E-state index contributed by atoms with van der Waals surface area (Å²) in [5.41, 5.74) is 0.547. The van der Waals surface area contributed by atoms with Crippen molar-refractivity contribution in [2.75, 3.05) is 5.32 Å². The zero-order valence-corrected chi connectivity index (χ0v) is 8.97. The van der Waals surface area contributed by atoms with Gasteiger partial charge in [-0.2, -0.15) is 0 Å². The van der Waals surface area contributed by atoms with Gasteiger partial charge in [-0.15, -0.1) is 0 Å². The van der Waals surface area contributed by atoms with Gasteiger partial charge in [-0.25, -0.2) is 13.1 Å². The summed E-state index contributed by atoms with van der Waals surface area (Å²) in [4.78, 5) is 10.8. The highest BCUT2D eigenvalue weighted by Crippen LogP contribution is 2.13. The SMILES string of the molecule is [CH2]NS(=O)(=O)c1ccc(NC(C)=O)cc1. The van der Waals surface area contributed by atoms with E-state index in [0.29, 0.717) is 5.69 Å². The molecule has 1 rings (SSSR count). The number of benzene rings is 1. The van der Waals surface area contributed by atoms with Gasteiger partial charge in [-0.3, -0.25) is 4.79 Å². The summed E-state index contributed by atoms with van der Waals surface area (Å²) in [5.74, 6) is -0.208. The molecule has 0 bridgehead atoms. The van der Waals surface area contributed by atoms with E-state index in [9.17, 15) is 13.2 Å². The van der Waals surface area contributed by atoms with Crippen molar-refractivity contribution >= 4 is 21.6 Å². The van der Waals surface area contributed by atoms with E-state index in [1.54, 1.807) is 0 Å².